The number of hydrogen-bond acceptors (Lipinski definition) is 5. The van der Waals surface area contributed by atoms with E-state index in [1.54, 1.807) is 0 Å². The predicted molar refractivity (Wildman–Crippen MR) is 68.5 cm³/mol. The lowest BCUT2D eigenvalue weighted by atomic mass is 9.86. The fourth-order valence-corrected chi connectivity index (χ4v) is 2.51. The maximum atomic E-state index is 11.0. The van der Waals surface area contributed by atoms with Gasteiger partial charge in [-0.2, -0.15) is 4.98 Å². The second-order valence-corrected chi connectivity index (χ2v) is 5.13. The summed E-state index contributed by atoms with van der Waals surface area (Å²) in [6, 6.07) is 0.239. The molecule has 0 spiro atoms. The lowest BCUT2D eigenvalue weighted by Gasteiger charge is -2.26. The van der Waals surface area contributed by atoms with Gasteiger partial charge in [0.15, 0.2) is 5.82 Å². The van der Waals surface area contributed by atoms with Crippen molar-refractivity contribution in [1.29, 1.82) is 0 Å². The molecule has 0 saturated heterocycles. The molecule has 1 saturated carbocycles. The molecule has 0 aliphatic heterocycles. The molecule has 2 rings (SSSR count). The van der Waals surface area contributed by atoms with Gasteiger partial charge in [0.2, 0.25) is 5.89 Å². The topological polar surface area (TPSA) is 88.2 Å². The minimum atomic E-state index is -0.684. The summed E-state index contributed by atoms with van der Waals surface area (Å²) in [5, 5.41) is 16.3. The zero-order valence-corrected chi connectivity index (χ0v) is 11.3. The Bertz CT molecular complexity index is 419. The Hall–Kier alpha value is -1.43. The van der Waals surface area contributed by atoms with E-state index in [0.717, 1.165) is 32.1 Å². The molecule has 2 unspecified atom stereocenters. The van der Waals surface area contributed by atoms with Gasteiger partial charge in [-0.3, -0.25) is 4.79 Å². The van der Waals surface area contributed by atoms with E-state index in [9.17, 15) is 4.79 Å². The number of rotatable bonds is 6. The molecule has 1 aromatic heterocycles. The third-order valence-corrected chi connectivity index (χ3v) is 3.55. The first kappa shape index (κ1) is 14.0. The van der Waals surface area contributed by atoms with Crippen LogP contribution in [0.25, 0.3) is 0 Å². The number of carboxylic acids is 1. The van der Waals surface area contributed by atoms with Crippen molar-refractivity contribution < 1.29 is 14.4 Å². The highest BCUT2D eigenvalue weighted by Crippen LogP contribution is 2.24. The highest BCUT2D eigenvalue weighted by Gasteiger charge is 2.26. The standard InChI is InChI=1S/C13H21N3O3/c1-2-4-12-15-11(16-19-12)8-14-10-6-3-5-9(7-10)13(17)18/h9-10,14H,2-8H2,1H3,(H,17,18). The number of aryl methyl sites for hydroxylation is 1. The number of hydrogen-bond donors (Lipinski definition) is 2. The van der Waals surface area contributed by atoms with Crippen LogP contribution in [-0.2, 0) is 17.8 Å². The van der Waals surface area contributed by atoms with Crippen LogP contribution >= 0.6 is 0 Å². The highest BCUT2D eigenvalue weighted by molar-refractivity contribution is 5.70. The number of nitrogens with zero attached hydrogens (tertiary/aromatic N) is 2. The molecule has 2 N–H and O–H groups in total. The summed E-state index contributed by atoms with van der Waals surface area (Å²) in [4.78, 5) is 15.3. The van der Waals surface area contributed by atoms with Crippen LogP contribution in [0.1, 0.15) is 50.7 Å². The minimum Gasteiger partial charge on any atom is -0.481 e. The van der Waals surface area contributed by atoms with E-state index in [4.69, 9.17) is 9.63 Å². The molecule has 19 heavy (non-hydrogen) atoms. The van der Waals surface area contributed by atoms with Gasteiger partial charge in [-0.25, -0.2) is 0 Å². The Balaban J connectivity index is 1.79. The van der Waals surface area contributed by atoms with Crippen LogP contribution < -0.4 is 5.32 Å². The summed E-state index contributed by atoms with van der Waals surface area (Å²) >= 11 is 0. The van der Waals surface area contributed by atoms with Gasteiger partial charge in [-0.1, -0.05) is 18.5 Å². The number of nitrogens with one attached hydrogen (secondary N) is 1. The van der Waals surface area contributed by atoms with Crippen molar-refractivity contribution >= 4 is 5.97 Å². The molecule has 1 heterocycles. The fourth-order valence-electron chi connectivity index (χ4n) is 2.51. The molecule has 0 amide bonds. The number of carbonyl (C=O) groups is 1. The zero-order chi connectivity index (χ0) is 13.7. The maximum absolute atomic E-state index is 11.0. The zero-order valence-electron chi connectivity index (χ0n) is 11.3. The first-order valence-corrected chi connectivity index (χ1v) is 6.96. The van der Waals surface area contributed by atoms with Gasteiger partial charge < -0.3 is 14.9 Å². The Labute approximate surface area is 112 Å². The molecule has 1 aromatic rings. The Morgan fingerprint density at radius 1 is 1.53 bits per heavy atom. The van der Waals surface area contributed by atoms with Gasteiger partial charge in [-0.05, 0) is 25.7 Å². The Kier molecular flexibility index (Phi) is 4.90. The van der Waals surface area contributed by atoms with Crippen molar-refractivity contribution in [2.24, 2.45) is 5.92 Å². The monoisotopic (exact) mass is 267 g/mol. The molecule has 6 heteroatoms. The van der Waals surface area contributed by atoms with Crippen LogP contribution in [0.4, 0.5) is 0 Å². The molecule has 1 aliphatic rings. The van der Waals surface area contributed by atoms with Crippen LogP contribution in [0.3, 0.4) is 0 Å². The van der Waals surface area contributed by atoms with Gasteiger partial charge in [0.1, 0.15) is 0 Å². The summed E-state index contributed by atoms with van der Waals surface area (Å²) in [5.74, 6) is 0.427. The van der Waals surface area contributed by atoms with Gasteiger partial charge in [0, 0.05) is 12.5 Å². The van der Waals surface area contributed by atoms with E-state index in [1.807, 2.05) is 0 Å². The van der Waals surface area contributed by atoms with Crippen LogP contribution in [0.2, 0.25) is 0 Å². The Morgan fingerprint density at radius 2 is 2.37 bits per heavy atom. The summed E-state index contributed by atoms with van der Waals surface area (Å²) in [6.45, 7) is 2.61. The molecule has 2 atom stereocenters. The molecule has 0 aromatic carbocycles. The van der Waals surface area contributed by atoms with E-state index in [1.165, 1.54) is 0 Å². The summed E-state index contributed by atoms with van der Waals surface area (Å²) < 4.78 is 5.11. The molecule has 0 radical (unpaired) electrons. The van der Waals surface area contributed by atoms with E-state index < -0.39 is 5.97 Å². The summed E-state index contributed by atoms with van der Waals surface area (Å²) in [5.41, 5.74) is 0. The van der Waals surface area contributed by atoms with E-state index in [-0.39, 0.29) is 12.0 Å². The third kappa shape index (κ3) is 4.02. The lowest BCUT2D eigenvalue weighted by Crippen LogP contribution is -2.36. The predicted octanol–water partition coefficient (Wildman–Crippen LogP) is 1.76. The van der Waals surface area contributed by atoms with Crippen molar-refractivity contribution in [1.82, 2.24) is 15.5 Å². The molecular formula is C13H21N3O3. The molecule has 1 aliphatic carbocycles. The second-order valence-electron chi connectivity index (χ2n) is 5.13. The molecule has 1 fully saturated rings. The highest BCUT2D eigenvalue weighted by atomic mass is 16.5. The van der Waals surface area contributed by atoms with E-state index >= 15 is 0 Å². The molecule has 0 bridgehead atoms. The normalized spacial score (nSPS) is 23.4. The van der Waals surface area contributed by atoms with Gasteiger partial charge in [-0.15, -0.1) is 0 Å². The molecule has 6 nitrogen and oxygen atoms in total. The minimum absolute atomic E-state index is 0.216. The third-order valence-electron chi connectivity index (χ3n) is 3.55. The van der Waals surface area contributed by atoms with Gasteiger partial charge >= 0.3 is 5.97 Å². The van der Waals surface area contributed by atoms with Crippen LogP contribution in [-0.4, -0.2) is 27.3 Å². The van der Waals surface area contributed by atoms with Gasteiger partial charge in [0.25, 0.3) is 0 Å². The maximum Gasteiger partial charge on any atom is 0.306 e. The van der Waals surface area contributed by atoms with E-state index in [2.05, 4.69) is 22.4 Å². The molecular weight excluding hydrogens is 246 g/mol. The largest absolute Gasteiger partial charge is 0.481 e. The number of aromatic nitrogens is 2. The second kappa shape index (κ2) is 6.65. The van der Waals surface area contributed by atoms with Gasteiger partial charge in [0.05, 0.1) is 12.5 Å². The fraction of sp³-hybridized carbons (Fsp3) is 0.769. The van der Waals surface area contributed by atoms with Crippen molar-refractivity contribution in [3.05, 3.63) is 11.7 Å². The smallest absolute Gasteiger partial charge is 0.306 e. The number of carboxylic acid groups (broad SMARTS) is 1. The van der Waals surface area contributed by atoms with Crippen molar-refractivity contribution in [3.63, 3.8) is 0 Å². The first-order valence-electron chi connectivity index (χ1n) is 6.96. The summed E-state index contributed by atoms with van der Waals surface area (Å²) in [7, 11) is 0. The lowest BCUT2D eigenvalue weighted by molar-refractivity contribution is -0.143. The van der Waals surface area contributed by atoms with Crippen molar-refractivity contribution in [3.8, 4) is 0 Å². The molecule has 106 valence electrons. The van der Waals surface area contributed by atoms with Crippen LogP contribution in [0.15, 0.2) is 4.52 Å². The average Bonchev–Trinajstić information content (AvgIpc) is 2.85. The average molecular weight is 267 g/mol. The first-order chi connectivity index (χ1) is 9.19. The van der Waals surface area contributed by atoms with E-state index in [0.29, 0.717) is 24.7 Å². The number of aliphatic carboxylic acids is 1. The summed E-state index contributed by atoms with van der Waals surface area (Å²) in [6.07, 6.45) is 5.24. The quantitative estimate of drug-likeness (QED) is 0.816. The van der Waals surface area contributed by atoms with Crippen molar-refractivity contribution in [2.45, 2.75) is 58.0 Å². The SMILES string of the molecule is CCCc1nc(CNC2CCCC(C(=O)O)C2)no1. The van der Waals surface area contributed by atoms with Crippen LogP contribution in [0, 0.1) is 5.92 Å². The van der Waals surface area contributed by atoms with Crippen molar-refractivity contribution in [2.75, 3.05) is 0 Å². The Morgan fingerprint density at radius 3 is 3.11 bits per heavy atom. The van der Waals surface area contributed by atoms with Crippen LogP contribution in [0.5, 0.6) is 0 Å².